The van der Waals surface area contributed by atoms with Crippen molar-refractivity contribution >= 4 is 50.6 Å². The van der Waals surface area contributed by atoms with Gasteiger partial charge in [-0.3, -0.25) is 14.6 Å². The summed E-state index contributed by atoms with van der Waals surface area (Å²) in [4.78, 5) is 32.3. The van der Waals surface area contributed by atoms with E-state index in [4.69, 9.17) is 5.73 Å². The van der Waals surface area contributed by atoms with Crippen molar-refractivity contribution in [2.45, 2.75) is 19.5 Å². The molecule has 0 unspecified atom stereocenters. The molecule has 0 bridgehead atoms. The molecule has 1 amide bonds. The number of nitrogens with two attached hydrogens (primary N) is 1. The zero-order valence-electron chi connectivity index (χ0n) is 19.6. The summed E-state index contributed by atoms with van der Waals surface area (Å²) in [6.45, 7) is 2.71. The van der Waals surface area contributed by atoms with E-state index in [9.17, 15) is 9.59 Å². The van der Waals surface area contributed by atoms with Crippen LogP contribution in [0.4, 0.5) is 0 Å². The van der Waals surface area contributed by atoms with Gasteiger partial charge in [-0.05, 0) is 48.7 Å². The van der Waals surface area contributed by atoms with Crippen LogP contribution in [-0.2, 0) is 6.54 Å². The number of aliphatic imine (C=N–C) groups is 1. The molecule has 8 nitrogen and oxygen atoms in total. The van der Waals surface area contributed by atoms with Gasteiger partial charge in [-0.1, -0.05) is 24.3 Å². The predicted molar refractivity (Wildman–Crippen MR) is 145 cm³/mol. The Hall–Kier alpha value is -3.60. The van der Waals surface area contributed by atoms with E-state index in [-0.39, 0.29) is 28.9 Å². The fourth-order valence-electron chi connectivity index (χ4n) is 3.76. The zero-order valence-corrected chi connectivity index (χ0v) is 21.2. The lowest BCUT2D eigenvalue weighted by molar-refractivity contribution is 0.0936. The smallest absolute Gasteiger partial charge is 0.280 e. The number of nitrogens with one attached hydrogen (secondary N) is 2. The third-order valence-corrected chi connectivity index (χ3v) is 7.67. The highest BCUT2D eigenvalue weighted by molar-refractivity contribution is 7.17. The molecule has 10 heteroatoms. The number of benzene rings is 1. The van der Waals surface area contributed by atoms with Gasteiger partial charge in [-0.15, -0.1) is 22.7 Å². The molecule has 1 aromatic carbocycles. The Balaban J connectivity index is 1.64. The van der Waals surface area contributed by atoms with Crippen LogP contribution < -0.4 is 21.9 Å². The average molecular weight is 507 g/mol. The van der Waals surface area contributed by atoms with E-state index in [2.05, 4.69) is 38.9 Å². The number of hydrogen-bond acceptors (Lipinski definition) is 8. The molecule has 0 aliphatic rings. The van der Waals surface area contributed by atoms with Crippen LogP contribution in [0.2, 0.25) is 0 Å². The highest BCUT2D eigenvalue weighted by atomic mass is 32.1. The average Bonchev–Trinajstić information content (AvgIpc) is 3.54. The number of carbonyl (C=O) groups excluding carboxylic acids is 1. The number of allylic oxidation sites excluding steroid dienone is 1. The number of rotatable bonds is 8. The molecule has 3 heterocycles. The lowest BCUT2D eigenvalue weighted by Gasteiger charge is -2.14. The van der Waals surface area contributed by atoms with E-state index in [1.165, 1.54) is 34.9 Å². The Labute approximate surface area is 210 Å². The molecular formula is C25H26N6O2S2. The van der Waals surface area contributed by atoms with Crippen molar-refractivity contribution in [3.8, 4) is 10.4 Å². The number of hydrogen-bond donors (Lipinski definition) is 3. The zero-order chi connectivity index (χ0) is 24.9. The van der Waals surface area contributed by atoms with Crippen LogP contribution in [0.15, 0.2) is 63.8 Å². The molecule has 4 aromatic rings. The molecule has 1 atom stereocenters. The van der Waals surface area contributed by atoms with Gasteiger partial charge in [0.2, 0.25) is 0 Å². The van der Waals surface area contributed by atoms with Crippen molar-refractivity contribution in [1.82, 2.24) is 20.4 Å². The second kappa shape index (κ2) is 10.8. The van der Waals surface area contributed by atoms with E-state index < -0.39 is 0 Å². The molecule has 0 fully saturated rings. The van der Waals surface area contributed by atoms with E-state index in [1.807, 2.05) is 32.2 Å². The number of amides is 1. The maximum absolute atomic E-state index is 13.3. The molecular weight excluding hydrogens is 480 g/mol. The molecule has 180 valence electrons. The van der Waals surface area contributed by atoms with Crippen molar-refractivity contribution in [2.24, 2.45) is 10.7 Å². The van der Waals surface area contributed by atoms with Crippen molar-refractivity contribution < 1.29 is 4.79 Å². The van der Waals surface area contributed by atoms with Gasteiger partial charge in [0.15, 0.2) is 5.69 Å². The first-order valence-electron chi connectivity index (χ1n) is 11.0. The highest BCUT2D eigenvalue weighted by Gasteiger charge is 2.22. The van der Waals surface area contributed by atoms with E-state index in [0.717, 1.165) is 21.0 Å². The first-order valence-corrected chi connectivity index (χ1v) is 12.7. The summed E-state index contributed by atoms with van der Waals surface area (Å²) in [7, 11) is 3.50. The maximum atomic E-state index is 13.3. The molecule has 4 rings (SSSR count). The normalized spacial score (nSPS) is 12.9. The summed E-state index contributed by atoms with van der Waals surface area (Å²) in [5.74, 6) is -0.367. The molecule has 0 radical (unpaired) electrons. The summed E-state index contributed by atoms with van der Waals surface area (Å²) >= 11 is 2.94. The maximum Gasteiger partial charge on any atom is 0.280 e. The Morgan fingerprint density at radius 2 is 2.06 bits per heavy atom. The van der Waals surface area contributed by atoms with E-state index >= 15 is 0 Å². The van der Waals surface area contributed by atoms with Crippen LogP contribution >= 0.6 is 22.7 Å². The summed E-state index contributed by atoms with van der Waals surface area (Å²) in [5, 5.41) is 12.8. The minimum absolute atomic E-state index is 0.168. The monoisotopic (exact) mass is 506 g/mol. The molecule has 0 aliphatic carbocycles. The topological polar surface area (TPSA) is 114 Å². The summed E-state index contributed by atoms with van der Waals surface area (Å²) < 4.78 is 1.65. The van der Waals surface area contributed by atoms with Crippen molar-refractivity contribution in [3.63, 3.8) is 0 Å². The van der Waals surface area contributed by atoms with Gasteiger partial charge < -0.3 is 16.4 Å². The van der Waals surface area contributed by atoms with E-state index in [0.29, 0.717) is 10.1 Å². The van der Waals surface area contributed by atoms with Crippen LogP contribution in [0, 0.1) is 0 Å². The third-order valence-electron chi connectivity index (χ3n) is 5.45. The molecule has 35 heavy (non-hydrogen) atoms. The summed E-state index contributed by atoms with van der Waals surface area (Å²) in [6.07, 6.45) is 2.67. The fourth-order valence-corrected chi connectivity index (χ4v) is 5.70. The Bertz CT molecular complexity index is 1480. The van der Waals surface area contributed by atoms with Gasteiger partial charge in [0.1, 0.15) is 5.70 Å². The van der Waals surface area contributed by atoms with E-state index in [1.54, 1.807) is 29.8 Å². The van der Waals surface area contributed by atoms with Gasteiger partial charge in [-0.25, -0.2) is 0 Å². The first kappa shape index (κ1) is 24.5. The predicted octanol–water partition coefficient (Wildman–Crippen LogP) is 3.85. The van der Waals surface area contributed by atoms with Crippen LogP contribution in [0.3, 0.4) is 0 Å². The van der Waals surface area contributed by atoms with Gasteiger partial charge >= 0.3 is 0 Å². The summed E-state index contributed by atoms with van der Waals surface area (Å²) in [5.41, 5.74) is 8.17. The number of nitrogens with zero attached hydrogens (tertiary/aromatic N) is 3. The standard InChI is InChI=1S/C25H26N6O2S2/c1-15(20-8-9-21(35-20)18-7-5-4-6-16(18)13-27-2)29-24(32)22-23-19(10-11-34-23)25(33)31(30-22)17(12-26)14-28-3/h4-12,14-15,27H,13,26H2,1-3H3,(H,29,32)/t15-/m1/s1. The summed E-state index contributed by atoms with van der Waals surface area (Å²) in [6, 6.07) is 13.8. The van der Waals surface area contributed by atoms with Crippen molar-refractivity contribution in [2.75, 3.05) is 14.1 Å². The molecule has 3 aromatic heterocycles. The molecule has 0 aliphatic heterocycles. The molecule has 4 N–H and O–H groups in total. The molecule has 0 saturated carbocycles. The number of thiophene rings is 2. The van der Waals surface area contributed by atoms with Crippen LogP contribution in [0.5, 0.6) is 0 Å². The largest absolute Gasteiger partial charge is 0.403 e. The number of fused-ring (bicyclic) bond motifs is 1. The van der Waals surface area contributed by atoms with Gasteiger partial charge in [0.25, 0.3) is 11.5 Å². The Morgan fingerprint density at radius 1 is 1.26 bits per heavy atom. The van der Waals surface area contributed by atoms with Gasteiger partial charge in [0.05, 0.1) is 16.1 Å². The van der Waals surface area contributed by atoms with Crippen LogP contribution in [-0.4, -0.2) is 36.0 Å². The SMILES string of the molecule is CN=CC(=CN)n1nc(C(=O)N[C@H](C)c2ccc(-c3ccccc3CNC)s2)c2sccc2c1=O. The van der Waals surface area contributed by atoms with Gasteiger partial charge in [-0.2, -0.15) is 9.78 Å². The van der Waals surface area contributed by atoms with Crippen LogP contribution in [0.25, 0.3) is 26.2 Å². The Morgan fingerprint density at radius 3 is 2.80 bits per heavy atom. The molecule has 0 saturated heterocycles. The second-order valence-electron chi connectivity index (χ2n) is 7.79. The lowest BCUT2D eigenvalue weighted by atomic mass is 10.1. The fraction of sp³-hybridized carbons (Fsp3) is 0.200. The highest BCUT2D eigenvalue weighted by Crippen LogP contribution is 2.33. The quantitative estimate of drug-likeness (QED) is 0.314. The van der Waals surface area contributed by atoms with Crippen LogP contribution in [0.1, 0.15) is 33.9 Å². The van der Waals surface area contributed by atoms with Crippen molar-refractivity contribution in [3.05, 3.63) is 80.5 Å². The minimum atomic E-state index is -0.367. The second-order valence-corrected chi connectivity index (χ2v) is 9.82. The Kier molecular flexibility index (Phi) is 7.54. The minimum Gasteiger partial charge on any atom is -0.403 e. The van der Waals surface area contributed by atoms with Gasteiger partial charge in [0, 0.05) is 35.8 Å². The number of aromatic nitrogens is 2. The third kappa shape index (κ3) is 4.95. The number of carbonyl (C=O) groups is 1. The molecule has 0 spiro atoms. The lowest BCUT2D eigenvalue weighted by Crippen LogP contribution is -2.31. The van der Waals surface area contributed by atoms with Crippen molar-refractivity contribution in [1.29, 1.82) is 0 Å². The first-order chi connectivity index (χ1) is 17.0.